The summed E-state index contributed by atoms with van der Waals surface area (Å²) >= 11 is 1.32. The summed E-state index contributed by atoms with van der Waals surface area (Å²) in [5.74, 6) is 0.680. The van der Waals surface area contributed by atoms with Gasteiger partial charge in [-0.05, 0) is 60.1 Å². The van der Waals surface area contributed by atoms with Crippen LogP contribution in [-0.2, 0) is 17.9 Å². The Morgan fingerprint density at radius 2 is 1.86 bits per heavy atom. The number of rotatable bonds is 9. The van der Waals surface area contributed by atoms with E-state index >= 15 is 0 Å². The van der Waals surface area contributed by atoms with Crippen LogP contribution >= 0.6 is 11.8 Å². The third-order valence-electron chi connectivity index (χ3n) is 5.48. The van der Waals surface area contributed by atoms with Crippen molar-refractivity contribution in [3.63, 3.8) is 0 Å². The average molecular weight is 498 g/mol. The van der Waals surface area contributed by atoms with Crippen molar-refractivity contribution in [3.8, 4) is 11.8 Å². The van der Waals surface area contributed by atoms with Crippen molar-refractivity contribution < 1.29 is 9.53 Å². The second-order valence-corrected chi connectivity index (χ2v) is 8.99. The topological polar surface area (TPSA) is 89.7 Å². The molecule has 2 N–H and O–H groups in total. The molecule has 0 unspecified atom stereocenters. The summed E-state index contributed by atoms with van der Waals surface area (Å²) in [6.45, 7) is 3.68. The summed E-state index contributed by atoms with van der Waals surface area (Å²) in [6.07, 6.45) is 1.74. The number of methoxy groups -OCH3 is 1. The van der Waals surface area contributed by atoms with E-state index in [2.05, 4.69) is 16.7 Å². The standard InChI is InChI=1S/C28H27N5O2S/c1-3-31-24-14-11-22(16-29)15-25(24)32-28-33(19-21-7-5-4-6-8-21)27(34)26(36-28)18-30-17-20-9-12-23(35-2)13-10-20/h4-15,18,30-31H,3,17,19H2,1-2H3. The van der Waals surface area contributed by atoms with Crippen LogP contribution in [0.1, 0.15) is 23.6 Å². The van der Waals surface area contributed by atoms with Crippen LogP contribution in [0.2, 0.25) is 0 Å². The number of nitrogens with zero attached hydrogens (tertiary/aromatic N) is 3. The Kier molecular flexibility index (Phi) is 8.27. The van der Waals surface area contributed by atoms with Crippen LogP contribution in [0, 0.1) is 11.3 Å². The largest absolute Gasteiger partial charge is 0.497 e. The minimum atomic E-state index is -0.119. The first-order valence-electron chi connectivity index (χ1n) is 11.6. The second kappa shape index (κ2) is 12.0. The van der Waals surface area contributed by atoms with E-state index in [9.17, 15) is 10.1 Å². The molecular weight excluding hydrogens is 470 g/mol. The molecule has 0 spiro atoms. The zero-order valence-corrected chi connectivity index (χ0v) is 21.0. The van der Waals surface area contributed by atoms with Gasteiger partial charge in [-0.15, -0.1) is 0 Å². The lowest BCUT2D eigenvalue weighted by atomic mass is 10.2. The molecule has 1 saturated heterocycles. The number of hydrogen-bond donors (Lipinski definition) is 2. The number of benzene rings is 3. The normalized spacial score (nSPS) is 15.2. The van der Waals surface area contributed by atoms with Crippen molar-refractivity contribution in [1.82, 2.24) is 10.2 Å². The fourth-order valence-electron chi connectivity index (χ4n) is 3.64. The van der Waals surface area contributed by atoms with Crippen LogP contribution in [0.4, 0.5) is 11.4 Å². The molecule has 1 heterocycles. The number of anilines is 1. The number of aliphatic imine (C=N–C) groups is 1. The molecule has 3 aromatic rings. The van der Waals surface area contributed by atoms with E-state index in [4.69, 9.17) is 9.73 Å². The highest BCUT2D eigenvalue weighted by atomic mass is 32.2. The molecule has 1 fully saturated rings. The third kappa shape index (κ3) is 6.06. The highest BCUT2D eigenvalue weighted by molar-refractivity contribution is 8.18. The minimum Gasteiger partial charge on any atom is -0.497 e. The molecular formula is C28H27N5O2S. The fourth-order valence-corrected chi connectivity index (χ4v) is 4.58. The molecule has 1 aliphatic heterocycles. The van der Waals surface area contributed by atoms with E-state index in [0.717, 1.165) is 22.6 Å². The number of carbonyl (C=O) groups excluding carboxylic acids is 1. The number of nitrogens with one attached hydrogen (secondary N) is 2. The lowest BCUT2D eigenvalue weighted by Crippen LogP contribution is -2.28. The Labute approximate surface area is 215 Å². The maximum Gasteiger partial charge on any atom is 0.268 e. The molecule has 0 aliphatic carbocycles. The third-order valence-corrected chi connectivity index (χ3v) is 6.49. The van der Waals surface area contributed by atoms with Gasteiger partial charge in [0.1, 0.15) is 5.75 Å². The Hall–Kier alpha value is -4.22. The van der Waals surface area contributed by atoms with E-state index < -0.39 is 0 Å². The molecule has 0 radical (unpaired) electrons. The molecule has 0 saturated carbocycles. The summed E-state index contributed by atoms with van der Waals surface area (Å²) in [4.78, 5) is 20.5. The van der Waals surface area contributed by atoms with Crippen LogP contribution in [-0.4, -0.2) is 29.6 Å². The molecule has 3 aromatic carbocycles. The number of carbonyl (C=O) groups is 1. The van der Waals surface area contributed by atoms with Gasteiger partial charge in [0.25, 0.3) is 5.91 Å². The number of amides is 1. The van der Waals surface area contributed by atoms with Gasteiger partial charge in [0.15, 0.2) is 5.17 Å². The van der Waals surface area contributed by atoms with Crippen LogP contribution in [0.5, 0.6) is 5.75 Å². The van der Waals surface area contributed by atoms with Crippen molar-refractivity contribution in [1.29, 1.82) is 5.26 Å². The van der Waals surface area contributed by atoms with Crippen molar-refractivity contribution in [2.24, 2.45) is 4.99 Å². The first kappa shape index (κ1) is 24.9. The zero-order chi connectivity index (χ0) is 25.3. The molecule has 0 bridgehead atoms. The molecule has 4 rings (SSSR count). The first-order chi connectivity index (χ1) is 17.6. The minimum absolute atomic E-state index is 0.119. The number of ether oxygens (including phenoxy) is 1. The molecule has 7 nitrogen and oxygen atoms in total. The lowest BCUT2D eigenvalue weighted by Gasteiger charge is -2.16. The van der Waals surface area contributed by atoms with Crippen LogP contribution in [0.15, 0.2) is 88.9 Å². The van der Waals surface area contributed by atoms with Crippen molar-refractivity contribution in [3.05, 3.63) is 101 Å². The molecule has 1 aliphatic rings. The summed E-state index contributed by atoms with van der Waals surface area (Å²) < 4.78 is 5.21. The van der Waals surface area contributed by atoms with Gasteiger partial charge in [0.05, 0.1) is 41.6 Å². The van der Waals surface area contributed by atoms with E-state index in [0.29, 0.717) is 41.0 Å². The van der Waals surface area contributed by atoms with Gasteiger partial charge < -0.3 is 15.4 Å². The van der Waals surface area contributed by atoms with E-state index in [1.165, 1.54) is 11.8 Å². The maximum absolute atomic E-state index is 13.4. The second-order valence-electron chi connectivity index (χ2n) is 7.98. The Morgan fingerprint density at radius 3 is 2.56 bits per heavy atom. The van der Waals surface area contributed by atoms with Crippen molar-refractivity contribution in [2.75, 3.05) is 19.0 Å². The highest BCUT2D eigenvalue weighted by Crippen LogP contribution is 2.36. The molecule has 1 amide bonds. The van der Waals surface area contributed by atoms with E-state index in [1.54, 1.807) is 30.3 Å². The summed E-state index contributed by atoms with van der Waals surface area (Å²) in [5.41, 5.74) is 4.02. The zero-order valence-electron chi connectivity index (χ0n) is 20.2. The highest BCUT2D eigenvalue weighted by Gasteiger charge is 2.33. The number of hydrogen-bond acceptors (Lipinski definition) is 7. The smallest absolute Gasteiger partial charge is 0.268 e. The van der Waals surface area contributed by atoms with Crippen LogP contribution in [0.3, 0.4) is 0 Å². The summed E-state index contributed by atoms with van der Waals surface area (Å²) in [7, 11) is 1.64. The van der Waals surface area contributed by atoms with Gasteiger partial charge in [-0.25, -0.2) is 4.99 Å². The number of amidine groups is 1. The van der Waals surface area contributed by atoms with Gasteiger partial charge in [-0.1, -0.05) is 42.5 Å². The van der Waals surface area contributed by atoms with Gasteiger partial charge in [0.2, 0.25) is 0 Å². The number of nitriles is 1. The molecule has 0 aromatic heterocycles. The van der Waals surface area contributed by atoms with Gasteiger partial charge in [-0.3, -0.25) is 9.69 Å². The quantitative estimate of drug-likeness (QED) is 0.385. The van der Waals surface area contributed by atoms with E-state index in [1.807, 2.05) is 67.6 Å². The lowest BCUT2D eigenvalue weighted by molar-refractivity contribution is -0.122. The van der Waals surface area contributed by atoms with Crippen molar-refractivity contribution >= 4 is 34.2 Å². The van der Waals surface area contributed by atoms with Crippen LogP contribution in [0.25, 0.3) is 0 Å². The van der Waals surface area contributed by atoms with Gasteiger partial charge >= 0.3 is 0 Å². The van der Waals surface area contributed by atoms with Crippen LogP contribution < -0.4 is 15.4 Å². The fraction of sp³-hybridized carbons (Fsp3) is 0.179. The molecule has 8 heteroatoms. The predicted octanol–water partition coefficient (Wildman–Crippen LogP) is 5.39. The summed E-state index contributed by atoms with van der Waals surface area (Å²) in [5, 5.41) is 16.5. The molecule has 182 valence electrons. The SMILES string of the molecule is CCNc1ccc(C#N)cc1N=C1SC(=CNCc2ccc(OC)cc2)C(=O)N1Cc1ccccc1. The Morgan fingerprint density at radius 1 is 1.08 bits per heavy atom. The average Bonchev–Trinajstić information content (AvgIpc) is 3.19. The van der Waals surface area contributed by atoms with Gasteiger partial charge in [-0.2, -0.15) is 5.26 Å². The van der Waals surface area contributed by atoms with Crippen molar-refractivity contribution in [2.45, 2.75) is 20.0 Å². The maximum atomic E-state index is 13.4. The van der Waals surface area contributed by atoms with E-state index in [-0.39, 0.29) is 5.91 Å². The number of thioether (sulfide) groups is 1. The summed E-state index contributed by atoms with van der Waals surface area (Å²) in [6, 6.07) is 25.1. The molecule has 36 heavy (non-hydrogen) atoms. The predicted molar refractivity (Wildman–Crippen MR) is 145 cm³/mol. The monoisotopic (exact) mass is 497 g/mol. The Bertz CT molecular complexity index is 1310. The first-order valence-corrected chi connectivity index (χ1v) is 12.4. The molecule has 0 atom stereocenters. The van der Waals surface area contributed by atoms with Gasteiger partial charge in [0, 0.05) is 19.3 Å². The Balaban J connectivity index is 1.61.